The second-order valence-electron chi connectivity index (χ2n) is 2.42. The van der Waals surface area contributed by atoms with Crippen molar-refractivity contribution in [2.24, 2.45) is 0 Å². The van der Waals surface area contributed by atoms with Gasteiger partial charge in [0.15, 0.2) is 12.3 Å². The molecule has 0 bridgehead atoms. The molecule has 0 atom stereocenters. The molecule has 0 aliphatic rings. The maximum absolute atomic E-state index is 5.12. The molecule has 0 spiro atoms. The van der Waals surface area contributed by atoms with Crippen molar-refractivity contribution < 1.29 is 8.37 Å². The van der Waals surface area contributed by atoms with E-state index < -0.39 is 0 Å². The van der Waals surface area contributed by atoms with Gasteiger partial charge in [-0.1, -0.05) is 26.7 Å². The lowest BCUT2D eigenvalue weighted by Gasteiger charge is -2.00. The van der Waals surface area contributed by atoms with E-state index in [1.807, 2.05) is 0 Å². The minimum absolute atomic E-state index is 0.799. The first-order valence-electron chi connectivity index (χ1n) is 4.32. The number of rotatable bonds is 8. The molecule has 0 aromatic carbocycles. The Morgan fingerprint density at radius 3 is 1.73 bits per heavy atom. The fraction of sp³-hybridized carbons (Fsp3) is 1.00. The SMILES string of the molecule is CCCCOSOCCCC. The maximum Gasteiger partial charge on any atom is 0.158 e. The van der Waals surface area contributed by atoms with Crippen molar-refractivity contribution >= 4 is 12.3 Å². The normalized spacial score (nSPS) is 10.4. The average molecular weight is 178 g/mol. The van der Waals surface area contributed by atoms with E-state index in [9.17, 15) is 0 Å². The van der Waals surface area contributed by atoms with Crippen LogP contribution < -0.4 is 0 Å². The second-order valence-corrected chi connectivity index (χ2v) is 3.03. The number of hydrogen-bond donors (Lipinski definition) is 0. The summed E-state index contributed by atoms with van der Waals surface area (Å²) < 4.78 is 10.2. The molecular formula is C8H18O2S. The molecule has 0 aromatic rings. The topological polar surface area (TPSA) is 18.5 Å². The molecule has 0 unspecified atom stereocenters. The largest absolute Gasteiger partial charge is 0.291 e. The Kier molecular flexibility index (Phi) is 10.5. The zero-order valence-electron chi connectivity index (χ0n) is 7.47. The Balaban J connectivity index is 2.69. The molecule has 0 radical (unpaired) electrons. The highest BCUT2D eigenvalue weighted by Gasteiger charge is 1.89. The van der Waals surface area contributed by atoms with Gasteiger partial charge >= 0.3 is 0 Å². The molecule has 0 aliphatic heterocycles. The van der Waals surface area contributed by atoms with Crippen molar-refractivity contribution in [2.75, 3.05) is 13.2 Å². The van der Waals surface area contributed by atoms with E-state index >= 15 is 0 Å². The highest BCUT2D eigenvalue weighted by molar-refractivity contribution is 7.89. The minimum atomic E-state index is 0.799. The molecule has 0 aliphatic carbocycles. The van der Waals surface area contributed by atoms with Gasteiger partial charge in [-0.15, -0.1) is 0 Å². The Morgan fingerprint density at radius 1 is 0.909 bits per heavy atom. The molecule has 0 rings (SSSR count). The molecule has 3 heteroatoms. The van der Waals surface area contributed by atoms with Crippen molar-refractivity contribution in [1.29, 1.82) is 0 Å². The third-order valence-corrected chi connectivity index (χ3v) is 1.78. The zero-order valence-corrected chi connectivity index (χ0v) is 8.28. The summed E-state index contributed by atoms with van der Waals surface area (Å²) in [5.41, 5.74) is 0. The van der Waals surface area contributed by atoms with Crippen LogP contribution in [0.5, 0.6) is 0 Å². The van der Waals surface area contributed by atoms with Crippen LogP contribution in [0.25, 0.3) is 0 Å². The van der Waals surface area contributed by atoms with E-state index in [-0.39, 0.29) is 0 Å². The van der Waals surface area contributed by atoms with Gasteiger partial charge in [0.25, 0.3) is 0 Å². The van der Waals surface area contributed by atoms with Crippen LogP contribution in [-0.4, -0.2) is 13.2 Å². The van der Waals surface area contributed by atoms with Crippen molar-refractivity contribution in [3.05, 3.63) is 0 Å². The van der Waals surface area contributed by atoms with E-state index in [0.717, 1.165) is 38.4 Å². The van der Waals surface area contributed by atoms with Gasteiger partial charge in [0, 0.05) is 0 Å². The van der Waals surface area contributed by atoms with Gasteiger partial charge in [0.2, 0.25) is 0 Å². The van der Waals surface area contributed by atoms with Crippen molar-refractivity contribution in [3.8, 4) is 0 Å². The van der Waals surface area contributed by atoms with Gasteiger partial charge in [0.05, 0.1) is 13.2 Å². The third kappa shape index (κ3) is 10.3. The van der Waals surface area contributed by atoms with Crippen LogP contribution in [0.3, 0.4) is 0 Å². The fourth-order valence-electron chi connectivity index (χ4n) is 0.509. The standard InChI is InChI=1S/C8H18O2S/c1-3-5-7-9-11-10-8-6-4-2/h3-8H2,1-2H3. The first-order chi connectivity index (χ1) is 5.41. The Hall–Kier alpha value is 0.270. The lowest BCUT2D eigenvalue weighted by atomic mass is 10.4. The van der Waals surface area contributed by atoms with Crippen LogP contribution in [-0.2, 0) is 8.37 Å². The Bertz CT molecular complexity index is 61.1. The van der Waals surface area contributed by atoms with Crippen LogP contribution in [0.15, 0.2) is 0 Å². The van der Waals surface area contributed by atoms with E-state index in [2.05, 4.69) is 13.8 Å². The molecule has 0 saturated heterocycles. The molecule has 0 N–H and O–H groups in total. The van der Waals surface area contributed by atoms with Crippen molar-refractivity contribution in [3.63, 3.8) is 0 Å². The zero-order chi connectivity index (χ0) is 8.36. The number of hydrogen-bond acceptors (Lipinski definition) is 3. The van der Waals surface area contributed by atoms with Gasteiger partial charge < -0.3 is 0 Å². The lowest BCUT2D eigenvalue weighted by Crippen LogP contribution is -1.89. The smallest absolute Gasteiger partial charge is 0.158 e. The summed E-state index contributed by atoms with van der Waals surface area (Å²) in [6.07, 6.45) is 4.58. The van der Waals surface area contributed by atoms with Crippen molar-refractivity contribution in [2.45, 2.75) is 39.5 Å². The molecule has 0 amide bonds. The highest BCUT2D eigenvalue weighted by Crippen LogP contribution is 2.06. The van der Waals surface area contributed by atoms with Gasteiger partial charge in [-0.2, -0.15) is 0 Å². The van der Waals surface area contributed by atoms with Crippen LogP contribution >= 0.6 is 12.3 Å². The lowest BCUT2D eigenvalue weighted by molar-refractivity contribution is 0.279. The quantitative estimate of drug-likeness (QED) is 0.420. The second kappa shape index (κ2) is 10.3. The first-order valence-corrected chi connectivity index (χ1v) is 4.99. The third-order valence-electron chi connectivity index (χ3n) is 1.26. The van der Waals surface area contributed by atoms with Crippen LogP contribution in [0.4, 0.5) is 0 Å². The molecule has 68 valence electrons. The summed E-state index contributed by atoms with van der Waals surface area (Å²) in [4.78, 5) is 0. The molecule has 0 fully saturated rings. The van der Waals surface area contributed by atoms with E-state index in [1.165, 1.54) is 12.8 Å². The van der Waals surface area contributed by atoms with Crippen LogP contribution in [0.1, 0.15) is 39.5 Å². The number of unbranched alkanes of at least 4 members (excludes halogenated alkanes) is 2. The molecule has 2 nitrogen and oxygen atoms in total. The molecular weight excluding hydrogens is 160 g/mol. The summed E-state index contributed by atoms with van der Waals surface area (Å²) in [6, 6.07) is 0. The average Bonchev–Trinajstić information content (AvgIpc) is 2.03. The molecule has 0 saturated carbocycles. The summed E-state index contributed by atoms with van der Waals surface area (Å²) >= 11 is 1.13. The summed E-state index contributed by atoms with van der Waals surface area (Å²) in [6.45, 7) is 5.89. The molecule has 0 heterocycles. The summed E-state index contributed by atoms with van der Waals surface area (Å²) in [5, 5.41) is 0. The molecule has 0 aromatic heterocycles. The van der Waals surface area contributed by atoms with E-state index in [1.54, 1.807) is 0 Å². The van der Waals surface area contributed by atoms with E-state index in [4.69, 9.17) is 8.37 Å². The van der Waals surface area contributed by atoms with Gasteiger partial charge in [-0.3, -0.25) is 8.37 Å². The van der Waals surface area contributed by atoms with Gasteiger partial charge in [0.1, 0.15) is 0 Å². The summed E-state index contributed by atoms with van der Waals surface area (Å²) in [7, 11) is 0. The first kappa shape index (κ1) is 11.3. The predicted octanol–water partition coefficient (Wildman–Crippen LogP) is 3.18. The van der Waals surface area contributed by atoms with Crippen LogP contribution in [0.2, 0.25) is 0 Å². The van der Waals surface area contributed by atoms with Gasteiger partial charge in [-0.05, 0) is 12.8 Å². The Morgan fingerprint density at radius 2 is 1.36 bits per heavy atom. The predicted molar refractivity (Wildman–Crippen MR) is 49.3 cm³/mol. The van der Waals surface area contributed by atoms with Crippen molar-refractivity contribution in [1.82, 2.24) is 0 Å². The molecule has 11 heavy (non-hydrogen) atoms. The minimum Gasteiger partial charge on any atom is -0.291 e. The fourth-order valence-corrected chi connectivity index (χ4v) is 0.948. The van der Waals surface area contributed by atoms with Gasteiger partial charge in [-0.25, -0.2) is 0 Å². The monoisotopic (exact) mass is 178 g/mol. The Labute approximate surface area is 74.1 Å². The van der Waals surface area contributed by atoms with E-state index in [0.29, 0.717) is 0 Å². The van der Waals surface area contributed by atoms with Crippen LogP contribution in [0, 0.1) is 0 Å². The summed E-state index contributed by atoms with van der Waals surface area (Å²) in [5.74, 6) is 0. The maximum atomic E-state index is 5.12. The highest BCUT2D eigenvalue weighted by atomic mass is 32.2.